The van der Waals surface area contributed by atoms with Crippen molar-refractivity contribution in [1.82, 2.24) is 20.5 Å². The SMILES string of the molecule is CC(C)NC(=O)O[C@@H]1CC[C@H](c2cc(Nc3ccc4c(n3)CCS4(=O)=O)n[nH]2)C1. The van der Waals surface area contributed by atoms with Crippen LogP contribution in [0, 0.1) is 0 Å². The van der Waals surface area contributed by atoms with E-state index in [2.05, 4.69) is 25.8 Å². The quantitative estimate of drug-likeness (QED) is 0.680. The van der Waals surface area contributed by atoms with Gasteiger partial charge in [0.05, 0.1) is 16.3 Å². The molecule has 1 aliphatic carbocycles. The van der Waals surface area contributed by atoms with E-state index in [1.54, 1.807) is 12.1 Å². The van der Waals surface area contributed by atoms with Crippen molar-refractivity contribution in [3.8, 4) is 0 Å². The van der Waals surface area contributed by atoms with Gasteiger partial charge in [-0.1, -0.05) is 0 Å². The molecule has 9 nitrogen and oxygen atoms in total. The predicted molar refractivity (Wildman–Crippen MR) is 107 cm³/mol. The summed E-state index contributed by atoms with van der Waals surface area (Å²) < 4.78 is 29.3. The number of alkyl carbamates (subject to hydrolysis) is 1. The van der Waals surface area contributed by atoms with Crippen LogP contribution < -0.4 is 10.6 Å². The third-order valence-corrected chi connectivity index (χ3v) is 7.02. The van der Waals surface area contributed by atoms with E-state index in [1.165, 1.54) is 0 Å². The van der Waals surface area contributed by atoms with Crippen LogP contribution in [0.5, 0.6) is 0 Å². The highest BCUT2D eigenvalue weighted by atomic mass is 32.2. The van der Waals surface area contributed by atoms with Gasteiger partial charge in [-0.3, -0.25) is 5.10 Å². The zero-order valence-electron chi connectivity index (χ0n) is 16.4. The van der Waals surface area contributed by atoms with Crippen molar-refractivity contribution in [2.45, 2.75) is 62.5 Å². The zero-order chi connectivity index (χ0) is 20.6. The molecule has 4 rings (SSSR count). The largest absolute Gasteiger partial charge is 0.446 e. The number of sulfone groups is 1. The highest BCUT2D eigenvalue weighted by Crippen LogP contribution is 2.36. The normalized spacial score (nSPS) is 22.4. The molecule has 0 radical (unpaired) electrons. The van der Waals surface area contributed by atoms with Crippen molar-refractivity contribution in [2.75, 3.05) is 11.1 Å². The number of hydrogen-bond acceptors (Lipinski definition) is 7. The van der Waals surface area contributed by atoms with Crippen LogP contribution in [-0.4, -0.2) is 47.6 Å². The van der Waals surface area contributed by atoms with E-state index in [0.29, 0.717) is 28.6 Å². The Morgan fingerprint density at radius 2 is 2.10 bits per heavy atom. The fourth-order valence-corrected chi connectivity index (χ4v) is 5.32. The first kappa shape index (κ1) is 19.7. The summed E-state index contributed by atoms with van der Waals surface area (Å²) in [6.07, 6.45) is 2.45. The van der Waals surface area contributed by atoms with Gasteiger partial charge in [-0.15, -0.1) is 0 Å². The Balaban J connectivity index is 1.37. The first-order valence-corrected chi connectivity index (χ1v) is 11.5. The maximum Gasteiger partial charge on any atom is 0.407 e. The highest BCUT2D eigenvalue weighted by Gasteiger charge is 2.30. The highest BCUT2D eigenvalue weighted by molar-refractivity contribution is 7.91. The third-order valence-electron chi connectivity index (χ3n) is 5.23. The lowest BCUT2D eigenvalue weighted by molar-refractivity contribution is 0.0981. The van der Waals surface area contributed by atoms with Crippen LogP contribution in [-0.2, 0) is 21.0 Å². The third kappa shape index (κ3) is 4.36. The Morgan fingerprint density at radius 3 is 2.90 bits per heavy atom. The molecule has 3 heterocycles. The molecule has 2 aromatic rings. The second kappa shape index (κ2) is 7.66. The number of nitrogens with one attached hydrogen (secondary N) is 3. The van der Waals surface area contributed by atoms with Crippen LogP contribution in [0.15, 0.2) is 23.1 Å². The minimum absolute atomic E-state index is 0.0499. The molecule has 0 spiro atoms. The molecule has 0 aromatic carbocycles. The van der Waals surface area contributed by atoms with Crippen LogP contribution in [0.4, 0.5) is 16.4 Å². The molecule has 10 heteroatoms. The molecule has 2 aromatic heterocycles. The van der Waals surface area contributed by atoms with E-state index in [0.717, 1.165) is 25.0 Å². The maximum atomic E-state index is 11.9. The van der Waals surface area contributed by atoms with E-state index in [9.17, 15) is 13.2 Å². The number of pyridine rings is 1. The number of aromatic nitrogens is 3. The molecule has 3 N–H and O–H groups in total. The average molecular weight is 420 g/mol. The van der Waals surface area contributed by atoms with Crippen molar-refractivity contribution in [3.05, 3.63) is 29.6 Å². The van der Waals surface area contributed by atoms with Crippen LogP contribution >= 0.6 is 0 Å². The van der Waals surface area contributed by atoms with Gasteiger partial charge in [0.2, 0.25) is 0 Å². The number of aromatic amines is 1. The van der Waals surface area contributed by atoms with Gasteiger partial charge in [0.25, 0.3) is 0 Å². The second-order valence-electron chi connectivity index (χ2n) is 7.88. The number of ether oxygens (including phenoxy) is 1. The Labute approximate surface area is 169 Å². The van der Waals surface area contributed by atoms with Gasteiger partial charge in [-0.2, -0.15) is 5.10 Å². The number of anilines is 2. The predicted octanol–water partition coefficient (Wildman–Crippen LogP) is 2.65. The number of fused-ring (bicyclic) bond motifs is 1. The van der Waals surface area contributed by atoms with E-state index < -0.39 is 9.84 Å². The molecule has 0 unspecified atom stereocenters. The van der Waals surface area contributed by atoms with Gasteiger partial charge in [0.15, 0.2) is 15.7 Å². The summed E-state index contributed by atoms with van der Waals surface area (Å²) in [7, 11) is -3.18. The molecule has 0 saturated heterocycles. The van der Waals surface area contributed by atoms with Gasteiger partial charge in [0, 0.05) is 30.1 Å². The van der Waals surface area contributed by atoms with E-state index in [4.69, 9.17) is 4.74 Å². The standard InChI is InChI=1S/C19H25N5O4S/c1-11(2)20-19(25)28-13-4-3-12(9-13)15-10-18(24-23-15)22-17-6-5-16-14(21-17)7-8-29(16,26)27/h5-6,10-13H,3-4,7-9H2,1-2H3,(H,20,25)(H2,21,22,23,24)/t12-,13+/m0/s1. The molecule has 1 fully saturated rings. The van der Waals surface area contributed by atoms with Crippen molar-refractivity contribution in [3.63, 3.8) is 0 Å². The zero-order valence-corrected chi connectivity index (χ0v) is 17.3. The Kier molecular flexibility index (Phi) is 5.20. The summed E-state index contributed by atoms with van der Waals surface area (Å²) in [5.41, 5.74) is 1.58. The molecule has 29 heavy (non-hydrogen) atoms. The minimum atomic E-state index is -3.18. The van der Waals surface area contributed by atoms with Crippen LogP contribution in [0.25, 0.3) is 0 Å². The first-order valence-electron chi connectivity index (χ1n) is 9.82. The van der Waals surface area contributed by atoms with Crippen molar-refractivity contribution >= 4 is 27.6 Å². The lowest BCUT2D eigenvalue weighted by Gasteiger charge is -2.14. The molecule has 156 valence electrons. The molecular weight excluding hydrogens is 394 g/mol. The first-order chi connectivity index (χ1) is 13.8. The number of nitrogens with zero attached hydrogens (tertiary/aromatic N) is 2. The summed E-state index contributed by atoms with van der Waals surface area (Å²) in [6.45, 7) is 3.79. The molecular formula is C19H25N5O4S. The number of rotatable bonds is 5. The van der Waals surface area contributed by atoms with Gasteiger partial charge < -0.3 is 15.4 Å². The number of hydrogen-bond donors (Lipinski definition) is 3. The topological polar surface area (TPSA) is 126 Å². The average Bonchev–Trinajstić information content (AvgIpc) is 3.34. The van der Waals surface area contributed by atoms with Gasteiger partial charge in [-0.05, 0) is 45.2 Å². The molecule has 1 amide bonds. The van der Waals surface area contributed by atoms with Crippen molar-refractivity contribution in [1.29, 1.82) is 0 Å². The van der Waals surface area contributed by atoms with E-state index in [1.807, 2.05) is 19.9 Å². The van der Waals surface area contributed by atoms with E-state index in [-0.39, 0.29) is 29.9 Å². The van der Waals surface area contributed by atoms with Crippen LogP contribution in [0.3, 0.4) is 0 Å². The number of carbonyl (C=O) groups excluding carboxylic acids is 1. The lowest BCUT2D eigenvalue weighted by atomic mass is 10.0. The monoisotopic (exact) mass is 419 g/mol. The number of H-pyrrole nitrogens is 1. The molecule has 2 atom stereocenters. The Hall–Kier alpha value is -2.62. The molecule has 1 saturated carbocycles. The van der Waals surface area contributed by atoms with Gasteiger partial charge in [-0.25, -0.2) is 18.2 Å². The van der Waals surface area contributed by atoms with Crippen LogP contribution in [0.2, 0.25) is 0 Å². The summed E-state index contributed by atoms with van der Waals surface area (Å²) >= 11 is 0. The smallest absolute Gasteiger partial charge is 0.407 e. The number of carbonyl (C=O) groups is 1. The van der Waals surface area contributed by atoms with Crippen molar-refractivity contribution in [2.24, 2.45) is 0 Å². The summed E-state index contributed by atoms with van der Waals surface area (Å²) in [5.74, 6) is 1.55. The fourth-order valence-electron chi connectivity index (χ4n) is 3.85. The Bertz CT molecular complexity index is 1020. The van der Waals surface area contributed by atoms with Crippen molar-refractivity contribution < 1.29 is 17.9 Å². The molecule has 1 aliphatic heterocycles. The summed E-state index contributed by atoms with van der Waals surface area (Å²) in [5, 5.41) is 13.2. The minimum Gasteiger partial charge on any atom is -0.446 e. The van der Waals surface area contributed by atoms with E-state index >= 15 is 0 Å². The molecule has 2 aliphatic rings. The molecule has 0 bridgehead atoms. The van der Waals surface area contributed by atoms with Gasteiger partial charge >= 0.3 is 6.09 Å². The maximum absolute atomic E-state index is 11.9. The second-order valence-corrected chi connectivity index (χ2v) is 9.96. The summed E-state index contributed by atoms with van der Waals surface area (Å²) in [6, 6.07) is 5.23. The Morgan fingerprint density at radius 1 is 1.28 bits per heavy atom. The summed E-state index contributed by atoms with van der Waals surface area (Å²) in [4.78, 5) is 16.5. The number of aryl methyl sites for hydroxylation is 1. The fraction of sp³-hybridized carbons (Fsp3) is 0.526. The lowest BCUT2D eigenvalue weighted by Crippen LogP contribution is -2.33. The van der Waals surface area contributed by atoms with Crippen LogP contribution in [0.1, 0.15) is 50.4 Å². The van der Waals surface area contributed by atoms with Gasteiger partial charge in [0.1, 0.15) is 11.9 Å². The number of amides is 1.